The van der Waals surface area contributed by atoms with Gasteiger partial charge in [-0.2, -0.15) is 0 Å². The van der Waals surface area contributed by atoms with Crippen molar-refractivity contribution in [1.29, 1.82) is 0 Å². The largest absolute Gasteiger partial charge is 0.307 e. The molecule has 0 unspecified atom stereocenters. The molecule has 1 nitrogen and oxygen atoms in total. The Bertz CT molecular complexity index is 325. The quantitative estimate of drug-likeness (QED) is 0.823. The van der Waals surface area contributed by atoms with E-state index in [0.29, 0.717) is 5.54 Å². The zero-order valence-corrected chi connectivity index (χ0v) is 12.1. The van der Waals surface area contributed by atoms with E-state index in [2.05, 4.69) is 59.1 Å². The average Bonchev–Trinajstić information content (AvgIpc) is 2.29. The summed E-state index contributed by atoms with van der Waals surface area (Å²) < 4.78 is 1.31. The molecule has 0 bridgehead atoms. The number of halogens is 1. The summed E-state index contributed by atoms with van der Waals surface area (Å²) in [6.07, 6.45) is 6.85. The van der Waals surface area contributed by atoms with Gasteiger partial charge in [0, 0.05) is 15.7 Å². The summed E-state index contributed by atoms with van der Waals surface area (Å²) in [5.41, 5.74) is 1.77. The Morgan fingerprint density at radius 2 is 1.75 bits per heavy atom. The van der Waals surface area contributed by atoms with E-state index in [1.165, 1.54) is 41.2 Å². The van der Waals surface area contributed by atoms with Crippen molar-refractivity contribution in [2.45, 2.75) is 51.1 Å². The Morgan fingerprint density at radius 1 is 1.12 bits per heavy atom. The van der Waals surface area contributed by atoms with Crippen molar-refractivity contribution >= 4 is 22.6 Å². The number of hydrogen-bond donors (Lipinski definition) is 1. The molecule has 1 aliphatic rings. The zero-order valence-electron chi connectivity index (χ0n) is 9.93. The van der Waals surface area contributed by atoms with Crippen molar-refractivity contribution in [2.75, 3.05) is 0 Å². The molecular formula is C14H20IN. The third-order valence-corrected chi connectivity index (χ3v) is 4.31. The van der Waals surface area contributed by atoms with Crippen LogP contribution in [0.2, 0.25) is 0 Å². The normalized spacial score (nSPS) is 19.6. The molecule has 1 aromatic carbocycles. The maximum atomic E-state index is 3.73. The molecule has 16 heavy (non-hydrogen) atoms. The van der Waals surface area contributed by atoms with Crippen LogP contribution in [0.15, 0.2) is 24.3 Å². The summed E-state index contributed by atoms with van der Waals surface area (Å²) in [5.74, 6) is 0. The van der Waals surface area contributed by atoms with Gasteiger partial charge in [-0.25, -0.2) is 0 Å². The van der Waals surface area contributed by atoms with Crippen molar-refractivity contribution in [2.24, 2.45) is 0 Å². The molecule has 0 radical (unpaired) electrons. The van der Waals surface area contributed by atoms with Gasteiger partial charge in [-0.15, -0.1) is 0 Å². The van der Waals surface area contributed by atoms with Crippen molar-refractivity contribution < 1.29 is 0 Å². The zero-order chi connectivity index (χ0) is 11.4. The lowest BCUT2D eigenvalue weighted by molar-refractivity contribution is 0.252. The van der Waals surface area contributed by atoms with Crippen LogP contribution in [-0.2, 0) is 6.54 Å². The van der Waals surface area contributed by atoms with Crippen molar-refractivity contribution in [3.05, 3.63) is 33.4 Å². The maximum absolute atomic E-state index is 3.73. The molecule has 0 aliphatic heterocycles. The molecular weight excluding hydrogens is 309 g/mol. The van der Waals surface area contributed by atoms with Crippen LogP contribution in [0.25, 0.3) is 0 Å². The first kappa shape index (κ1) is 12.4. The second-order valence-electron chi connectivity index (χ2n) is 5.10. The van der Waals surface area contributed by atoms with Gasteiger partial charge in [-0.1, -0.05) is 31.4 Å². The van der Waals surface area contributed by atoms with E-state index in [1.807, 2.05) is 0 Å². The van der Waals surface area contributed by atoms with Crippen LogP contribution in [-0.4, -0.2) is 5.54 Å². The van der Waals surface area contributed by atoms with Gasteiger partial charge in [-0.3, -0.25) is 0 Å². The Labute approximate surface area is 112 Å². The van der Waals surface area contributed by atoms with Gasteiger partial charge >= 0.3 is 0 Å². The third kappa shape index (κ3) is 3.45. The van der Waals surface area contributed by atoms with E-state index < -0.39 is 0 Å². The predicted molar refractivity (Wildman–Crippen MR) is 77.5 cm³/mol. The third-order valence-electron chi connectivity index (χ3n) is 3.59. The first-order chi connectivity index (χ1) is 7.68. The van der Waals surface area contributed by atoms with E-state index in [-0.39, 0.29) is 0 Å². The molecule has 0 atom stereocenters. The highest BCUT2D eigenvalue weighted by atomic mass is 127. The van der Waals surface area contributed by atoms with Crippen LogP contribution in [0.3, 0.4) is 0 Å². The topological polar surface area (TPSA) is 12.0 Å². The minimum atomic E-state index is 0.376. The molecule has 0 amide bonds. The predicted octanol–water partition coefficient (Wildman–Crippen LogP) is 4.10. The molecule has 1 aliphatic carbocycles. The van der Waals surface area contributed by atoms with E-state index in [1.54, 1.807) is 0 Å². The standard InChI is InChI=1S/C14H20IN/c1-14(9-3-2-4-10-14)16-11-12-5-7-13(15)8-6-12/h5-8,16H,2-4,9-11H2,1H3. The van der Waals surface area contributed by atoms with E-state index in [9.17, 15) is 0 Å². The Kier molecular flexibility index (Phi) is 4.25. The van der Waals surface area contributed by atoms with Crippen molar-refractivity contribution in [3.63, 3.8) is 0 Å². The summed E-state index contributed by atoms with van der Waals surface area (Å²) in [4.78, 5) is 0. The van der Waals surface area contributed by atoms with Crippen LogP contribution in [0.4, 0.5) is 0 Å². The molecule has 2 heteroatoms. The fraction of sp³-hybridized carbons (Fsp3) is 0.571. The van der Waals surface area contributed by atoms with Gasteiger partial charge in [0.1, 0.15) is 0 Å². The van der Waals surface area contributed by atoms with Crippen LogP contribution >= 0.6 is 22.6 Å². The molecule has 0 spiro atoms. The van der Waals surface area contributed by atoms with Gasteiger partial charge in [-0.05, 0) is 60.1 Å². The first-order valence-corrected chi connectivity index (χ1v) is 7.25. The Hall–Kier alpha value is -0.0900. The van der Waals surface area contributed by atoms with Gasteiger partial charge in [0.25, 0.3) is 0 Å². The number of hydrogen-bond acceptors (Lipinski definition) is 1. The smallest absolute Gasteiger partial charge is 0.0210 e. The molecule has 2 rings (SSSR count). The van der Waals surface area contributed by atoms with Gasteiger partial charge in [0.2, 0.25) is 0 Å². The minimum Gasteiger partial charge on any atom is -0.307 e. The van der Waals surface area contributed by atoms with Gasteiger partial charge < -0.3 is 5.32 Å². The molecule has 0 heterocycles. The number of rotatable bonds is 3. The molecule has 1 fully saturated rings. The summed E-state index contributed by atoms with van der Waals surface area (Å²) in [5, 5.41) is 3.73. The molecule has 0 saturated heterocycles. The fourth-order valence-corrected chi connectivity index (χ4v) is 2.79. The molecule has 88 valence electrons. The highest BCUT2D eigenvalue weighted by Crippen LogP contribution is 2.27. The summed E-state index contributed by atoms with van der Waals surface area (Å²) in [6.45, 7) is 3.38. The lowest BCUT2D eigenvalue weighted by Crippen LogP contribution is -2.43. The maximum Gasteiger partial charge on any atom is 0.0210 e. The van der Waals surface area contributed by atoms with E-state index in [0.717, 1.165) is 6.54 Å². The molecule has 1 N–H and O–H groups in total. The second-order valence-corrected chi connectivity index (χ2v) is 6.35. The monoisotopic (exact) mass is 329 g/mol. The van der Waals surface area contributed by atoms with Crippen LogP contribution in [0, 0.1) is 3.57 Å². The second kappa shape index (κ2) is 5.50. The Morgan fingerprint density at radius 3 is 2.38 bits per heavy atom. The average molecular weight is 329 g/mol. The van der Waals surface area contributed by atoms with Crippen LogP contribution in [0.1, 0.15) is 44.6 Å². The molecule has 1 saturated carbocycles. The first-order valence-electron chi connectivity index (χ1n) is 6.17. The Balaban J connectivity index is 1.88. The van der Waals surface area contributed by atoms with Crippen LogP contribution < -0.4 is 5.32 Å². The molecule has 0 aromatic heterocycles. The highest BCUT2D eigenvalue weighted by Gasteiger charge is 2.25. The van der Waals surface area contributed by atoms with Crippen LogP contribution in [0.5, 0.6) is 0 Å². The number of nitrogens with one attached hydrogen (secondary N) is 1. The lowest BCUT2D eigenvalue weighted by atomic mass is 9.83. The summed E-state index contributed by atoms with van der Waals surface area (Å²) in [6, 6.07) is 8.81. The SMILES string of the molecule is CC1(NCc2ccc(I)cc2)CCCCC1. The van der Waals surface area contributed by atoms with E-state index >= 15 is 0 Å². The lowest BCUT2D eigenvalue weighted by Gasteiger charge is -2.34. The fourth-order valence-electron chi connectivity index (χ4n) is 2.43. The highest BCUT2D eigenvalue weighted by molar-refractivity contribution is 14.1. The van der Waals surface area contributed by atoms with Gasteiger partial charge in [0.05, 0.1) is 0 Å². The van der Waals surface area contributed by atoms with Gasteiger partial charge in [0.15, 0.2) is 0 Å². The molecule has 1 aromatic rings. The summed E-state index contributed by atoms with van der Waals surface area (Å²) in [7, 11) is 0. The van der Waals surface area contributed by atoms with Crippen molar-refractivity contribution in [1.82, 2.24) is 5.32 Å². The number of benzene rings is 1. The summed E-state index contributed by atoms with van der Waals surface area (Å²) >= 11 is 2.35. The minimum absolute atomic E-state index is 0.376. The van der Waals surface area contributed by atoms with E-state index in [4.69, 9.17) is 0 Å². The van der Waals surface area contributed by atoms with Crippen molar-refractivity contribution in [3.8, 4) is 0 Å².